The Morgan fingerprint density at radius 3 is 2.13 bits per heavy atom. The molecular formula is C27H22FNO. The van der Waals surface area contributed by atoms with Gasteiger partial charge in [0, 0.05) is 24.7 Å². The number of benzene rings is 3. The molecule has 0 unspecified atom stereocenters. The quantitative estimate of drug-likeness (QED) is 0.388. The van der Waals surface area contributed by atoms with E-state index < -0.39 is 0 Å². The third-order valence-corrected chi connectivity index (χ3v) is 5.07. The average Bonchev–Trinajstić information content (AvgIpc) is 2.74. The fraction of sp³-hybridized carbons (Fsp3) is 0.111. The molecule has 1 aromatic heterocycles. The Labute approximate surface area is 176 Å². The van der Waals surface area contributed by atoms with Crippen LogP contribution in [0, 0.1) is 12.7 Å². The maximum Gasteiger partial charge on any atom is 0.141 e. The third kappa shape index (κ3) is 4.87. The van der Waals surface area contributed by atoms with Gasteiger partial charge in [0.05, 0.1) is 0 Å². The fourth-order valence-electron chi connectivity index (χ4n) is 3.59. The maximum atomic E-state index is 13.5. The van der Waals surface area contributed by atoms with Crippen molar-refractivity contribution in [2.45, 2.75) is 19.8 Å². The number of halogens is 1. The van der Waals surface area contributed by atoms with E-state index in [0.29, 0.717) is 12.8 Å². The first-order valence-corrected chi connectivity index (χ1v) is 9.95. The summed E-state index contributed by atoms with van der Waals surface area (Å²) in [5.74, 6) is -0.113. The van der Waals surface area contributed by atoms with E-state index in [1.807, 2.05) is 73.7 Å². The van der Waals surface area contributed by atoms with Gasteiger partial charge >= 0.3 is 0 Å². The molecule has 0 saturated heterocycles. The van der Waals surface area contributed by atoms with Crippen LogP contribution < -0.4 is 0 Å². The summed E-state index contributed by atoms with van der Waals surface area (Å²) in [7, 11) is 0. The van der Waals surface area contributed by atoms with Gasteiger partial charge in [0.15, 0.2) is 0 Å². The minimum atomic E-state index is -0.264. The summed E-state index contributed by atoms with van der Waals surface area (Å²) in [5, 5.41) is 0. The van der Waals surface area contributed by atoms with E-state index in [1.54, 1.807) is 12.3 Å². The molecule has 30 heavy (non-hydrogen) atoms. The number of aryl methyl sites for hydroxylation is 1. The minimum Gasteiger partial charge on any atom is -0.299 e. The maximum absolute atomic E-state index is 13.5. The number of nitrogens with zero attached hydrogens (tertiary/aromatic N) is 1. The standard InChI is InChI=1S/C27H22FNO/c1-19-14-25(12-13-29-19)22-10-8-20(9-11-22)16-27(30)17-21-4-2-5-23(15-21)24-6-3-7-26(28)18-24/h2-15,18H,16-17H2,1H3. The van der Waals surface area contributed by atoms with Crippen molar-refractivity contribution in [3.05, 3.63) is 114 Å². The highest BCUT2D eigenvalue weighted by molar-refractivity contribution is 5.83. The van der Waals surface area contributed by atoms with Crippen molar-refractivity contribution in [2.75, 3.05) is 0 Å². The molecule has 0 radical (unpaired) electrons. The van der Waals surface area contributed by atoms with E-state index >= 15 is 0 Å². The number of hydrogen-bond donors (Lipinski definition) is 0. The molecule has 0 aliphatic rings. The second-order valence-electron chi connectivity index (χ2n) is 7.49. The Morgan fingerprint density at radius 2 is 1.40 bits per heavy atom. The summed E-state index contributed by atoms with van der Waals surface area (Å²) in [5.41, 5.74) is 6.87. The van der Waals surface area contributed by atoms with Gasteiger partial charge in [0.1, 0.15) is 11.6 Å². The molecule has 148 valence electrons. The molecular weight excluding hydrogens is 373 g/mol. The molecule has 0 aliphatic heterocycles. The summed E-state index contributed by atoms with van der Waals surface area (Å²) < 4.78 is 13.5. The summed E-state index contributed by atoms with van der Waals surface area (Å²) in [6.45, 7) is 1.97. The summed E-state index contributed by atoms with van der Waals surface area (Å²) in [6.07, 6.45) is 2.55. The smallest absolute Gasteiger partial charge is 0.141 e. The van der Waals surface area contributed by atoms with E-state index in [0.717, 1.165) is 39.1 Å². The lowest BCUT2D eigenvalue weighted by molar-refractivity contribution is -0.117. The molecule has 4 aromatic rings. The molecule has 0 bridgehead atoms. The van der Waals surface area contributed by atoms with E-state index in [2.05, 4.69) is 4.98 Å². The van der Waals surface area contributed by atoms with Gasteiger partial charge in [-0.1, -0.05) is 60.7 Å². The topological polar surface area (TPSA) is 30.0 Å². The van der Waals surface area contributed by atoms with Crippen LogP contribution in [0.2, 0.25) is 0 Å². The fourth-order valence-corrected chi connectivity index (χ4v) is 3.59. The molecule has 0 saturated carbocycles. The van der Waals surface area contributed by atoms with Crippen LogP contribution in [-0.2, 0) is 17.6 Å². The van der Waals surface area contributed by atoms with Crippen LogP contribution in [0.3, 0.4) is 0 Å². The predicted molar refractivity (Wildman–Crippen MR) is 119 cm³/mol. The van der Waals surface area contributed by atoms with E-state index in [4.69, 9.17) is 0 Å². The van der Waals surface area contributed by atoms with E-state index in [-0.39, 0.29) is 11.6 Å². The van der Waals surface area contributed by atoms with Gasteiger partial charge in [-0.2, -0.15) is 0 Å². The van der Waals surface area contributed by atoms with Crippen molar-refractivity contribution >= 4 is 5.78 Å². The van der Waals surface area contributed by atoms with Crippen LogP contribution >= 0.6 is 0 Å². The highest BCUT2D eigenvalue weighted by Gasteiger charge is 2.08. The Balaban J connectivity index is 1.43. The summed E-state index contributed by atoms with van der Waals surface area (Å²) >= 11 is 0. The lowest BCUT2D eigenvalue weighted by Crippen LogP contribution is -2.06. The Kier molecular flexibility index (Phi) is 5.80. The minimum absolute atomic E-state index is 0.152. The van der Waals surface area contributed by atoms with Crippen molar-refractivity contribution < 1.29 is 9.18 Å². The number of carbonyl (C=O) groups excluding carboxylic acids is 1. The molecule has 0 aliphatic carbocycles. The molecule has 0 spiro atoms. The number of ketones is 1. The lowest BCUT2D eigenvalue weighted by atomic mass is 9.97. The monoisotopic (exact) mass is 395 g/mol. The number of rotatable bonds is 6. The zero-order valence-corrected chi connectivity index (χ0v) is 16.8. The number of carbonyl (C=O) groups is 1. The Bertz CT molecular complexity index is 1180. The van der Waals surface area contributed by atoms with Crippen molar-refractivity contribution in [2.24, 2.45) is 0 Å². The van der Waals surface area contributed by atoms with Gasteiger partial charge in [-0.25, -0.2) is 4.39 Å². The van der Waals surface area contributed by atoms with Crippen LogP contribution in [0.1, 0.15) is 16.8 Å². The first-order valence-electron chi connectivity index (χ1n) is 9.95. The van der Waals surface area contributed by atoms with E-state index in [1.165, 1.54) is 12.1 Å². The molecule has 1 heterocycles. The zero-order valence-electron chi connectivity index (χ0n) is 16.8. The molecule has 4 rings (SSSR count). The molecule has 2 nitrogen and oxygen atoms in total. The van der Waals surface area contributed by atoms with E-state index in [9.17, 15) is 9.18 Å². The van der Waals surface area contributed by atoms with Crippen molar-refractivity contribution in [1.82, 2.24) is 4.98 Å². The number of hydrogen-bond acceptors (Lipinski definition) is 2. The van der Waals surface area contributed by atoms with Crippen molar-refractivity contribution in [3.8, 4) is 22.3 Å². The van der Waals surface area contributed by atoms with Gasteiger partial charge in [-0.05, 0) is 64.6 Å². The second kappa shape index (κ2) is 8.83. The predicted octanol–water partition coefficient (Wildman–Crippen LogP) is 6.22. The van der Waals surface area contributed by atoms with Gasteiger partial charge in [0.2, 0.25) is 0 Å². The molecule has 0 atom stereocenters. The lowest BCUT2D eigenvalue weighted by Gasteiger charge is -2.07. The largest absolute Gasteiger partial charge is 0.299 e. The number of aromatic nitrogens is 1. The van der Waals surface area contributed by atoms with Crippen LogP contribution in [-0.4, -0.2) is 10.8 Å². The van der Waals surface area contributed by atoms with Gasteiger partial charge in [-0.3, -0.25) is 9.78 Å². The first-order chi connectivity index (χ1) is 14.6. The zero-order chi connectivity index (χ0) is 20.9. The summed E-state index contributed by atoms with van der Waals surface area (Å²) in [4.78, 5) is 16.8. The molecule has 3 heteroatoms. The second-order valence-corrected chi connectivity index (χ2v) is 7.49. The van der Waals surface area contributed by atoms with Crippen LogP contribution in [0.15, 0.2) is 91.1 Å². The molecule has 0 amide bonds. The number of pyridine rings is 1. The van der Waals surface area contributed by atoms with Crippen molar-refractivity contribution in [1.29, 1.82) is 0 Å². The van der Waals surface area contributed by atoms with Crippen LogP contribution in [0.5, 0.6) is 0 Å². The van der Waals surface area contributed by atoms with Gasteiger partial charge in [0.25, 0.3) is 0 Å². The first kappa shape index (κ1) is 19.7. The van der Waals surface area contributed by atoms with Crippen LogP contribution in [0.4, 0.5) is 4.39 Å². The summed E-state index contributed by atoms with van der Waals surface area (Å²) in [6, 6.07) is 26.4. The molecule has 0 fully saturated rings. The molecule has 3 aromatic carbocycles. The highest BCUT2D eigenvalue weighted by atomic mass is 19.1. The third-order valence-electron chi connectivity index (χ3n) is 5.07. The van der Waals surface area contributed by atoms with Gasteiger partial charge < -0.3 is 0 Å². The molecule has 0 N–H and O–H groups in total. The van der Waals surface area contributed by atoms with Crippen LogP contribution in [0.25, 0.3) is 22.3 Å². The Hall–Kier alpha value is -3.59. The normalized spacial score (nSPS) is 10.7. The highest BCUT2D eigenvalue weighted by Crippen LogP contribution is 2.23. The average molecular weight is 395 g/mol. The SMILES string of the molecule is Cc1cc(-c2ccc(CC(=O)Cc3cccc(-c4cccc(F)c4)c3)cc2)ccn1. The number of Topliss-reactive ketones (excluding diaryl/α,β-unsaturated/α-hetero) is 1. The Morgan fingerprint density at radius 1 is 0.733 bits per heavy atom. The van der Waals surface area contributed by atoms with Gasteiger partial charge in [-0.15, -0.1) is 0 Å². The van der Waals surface area contributed by atoms with Crippen molar-refractivity contribution in [3.63, 3.8) is 0 Å².